The number of primary sulfonamides is 1. The minimum Gasteiger partial charge on any atom is -0.490 e. The maximum absolute atomic E-state index is 12.0. The number of carbonyl (C=O) groups excluding carboxylic acids is 2. The molecule has 0 bridgehead atoms. The summed E-state index contributed by atoms with van der Waals surface area (Å²) in [7, 11) is -4.08. The molecule has 1 aromatic heterocycles. The number of hydrogen-bond donors (Lipinski definition) is 2. The SMILES string of the molecule is CCOc1ccc(NC(=O)COC(=O)c2ccc(S(N)(=O)=O)o2)cc1OCC. The van der Waals surface area contributed by atoms with Gasteiger partial charge in [-0.3, -0.25) is 4.79 Å². The van der Waals surface area contributed by atoms with Crippen LogP contribution >= 0.6 is 0 Å². The topological polar surface area (TPSA) is 147 Å². The van der Waals surface area contributed by atoms with Crippen LogP contribution in [0.5, 0.6) is 11.5 Å². The maximum Gasteiger partial charge on any atom is 0.374 e. The lowest BCUT2D eigenvalue weighted by Crippen LogP contribution is -2.20. The van der Waals surface area contributed by atoms with Crippen molar-refractivity contribution in [1.82, 2.24) is 0 Å². The summed E-state index contributed by atoms with van der Waals surface area (Å²) in [4.78, 5) is 23.8. The van der Waals surface area contributed by atoms with Crippen LogP contribution in [0.15, 0.2) is 39.8 Å². The first-order valence-electron chi connectivity index (χ1n) is 8.23. The highest BCUT2D eigenvalue weighted by Gasteiger charge is 2.19. The van der Waals surface area contributed by atoms with Crippen LogP contribution < -0.4 is 19.9 Å². The highest BCUT2D eigenvalue weighted by atomic mass is 32.2. The Morgan fingerprint density at radius 3 is 2.36 bits per heavy atom. The molecular weight excluding hydrogens is 392 g/mol. The minimum atomic E-state index is -4.08. The van der Waals surface area contributed by atoms with Gasteiger partial charge in [-0.25, -0.2) is 18.4 Å². The second kappa shape index (κ2) is 9.24. The fourth-order valence-electron chi connectivity index (χ4n) is 2.11. The lowest BCUT2D eigenvalue weighted by molar-refractivity contribution is -0.119. The van der Waals surface area contributed by atoms with Crippen LogP contribution in [-0.2, 0) is 19.6 Å². The van der Waals surface area contributed by atoms with E-state index in [2.05, 4.69) is 5.32 Å². The van der Waals surface area contributed by atoms with Gasteiger partial charge in [-0.2, -0.15) is 0 Å². The molecule has 0 aliphatic heterocycles. The third-order valence-electron chi connectivity index (χ3n) is 3.22. The molecule has 2 aromatic rings. The normalized spacial score (nSPS) is 11.0. The number of furan rings is 1. The van der Waals surface area contributed by atoms with Gasteiger partial charge in [0.05, 0.1) is 13.2 Å². The molecule has 0 atom stereocenters. The van der Waals surface area contributed by atoms with Crippen LogP contribution in [0.25, 0.3) is 0 Å². The van der Waals surface area contributed by atoms with E-state index in [1.54, 1.807) is 18.2 Å². The summed E-state index contributed by atoms with van der Waals surface area (Å²) in [5.41, 5.74) is 0.419. The summed E-state index contributed by atoms with van der Waals surface area (Å²) in [6.45, 7) is 3.92. The molecule has 152 valence electrons. The minimum absolute atomic E-state index is 0.392. The van der Waals surface area contributed by atoms with Crippen molar-refractivity contribution < 1.29 is 36.6 Å². The van der Waals surface area contributed by atoms with E-state index in [1.165, 1.54) is 0 Å². The van der Waals surface area contributed by atoms with Crippen molar-refractivity contribution in [3.63, 3.8) is 0 Å². The van der Waals surface area contributed by atoms with Gasteiger partial charge in [0.2, 0.25) is 10.9 Å². The zero-order valence-electron chi connectivity index (χ0n) is 15.3. The van der Waals surface area contributed by atoms with Crippen molar-refractivity contribution in [3.05, 3.63) is 36.1 Å². The standard InChI is InChI=1S/C17H20N2O8S/c1-3-24-12-6-5-11(9-14(12)25-4-2)19-15(20)10-26-17(21)13-7-8-16(27-13)28(18,22)23/h5-9H,3-4,10H2,1-2H3,(H,19,20)(H2,18,22,23). The maximum atomic E-state index is 12.0. The number of hydrogen-bond acceptors (Lipinski definition) is 8. The number of benzene rings is 1. The zero-order chi connectivity index (χ0) is 20.7. The molecule has 0 saturated carbocycles. The number of nitrogens with one attached hydrogen (secondary N) is 1. The fourth-order valence-corrected chi connectivity index (χ4v) is 2.57. The molecule has 1 aromatic carbocycles. The molecule has 1 heterocycles. The Labute approximate surface area is 161 Å². The first-order chi connectivity index (χ1) is 13.2. The first-order valence-corrected chi connectivity index (χ1v) is 9.78. The van der Waals surface area contributed by atoms with Crippen molar-refractivity contribution in [2.24, 2.45) is 5.14 Å². The van der Waals surface area contributed by atoms with Crippen LogP contribution in [0.2, 0.25) is 0 Å². The van der Waals surface area contributed by atoms with E-state index in [0.29, 0.717) is 30.4 Å². The first kappa shape index (κ1) is 21.3. The van der Waals surface area contributed by atoms with Crippen molar-refractivity contribution in [1.29, 1.82) is 0 Å². The third-order valence-corrected chi connectivity index (χ3v) is 4.00. The number of rotatable bonds is 9. The number of amides is 1. The molecule has 0 radical (unpaired) electrons. The van der Waals surface area contributed by atoms with Gasteiger partial charge in [0.15, 0.2) is 18.1 Å². The van der Waals surface area contributed by atoms with Gasteiger partial charge in [-0.05, 0) is 38.1 Å². The molecule has 0 saturated heterocycles. The predicted molar refractivity (Wildman–Crippen MR) is 97.8 cm³/mol. The van der Waals surface area contributed by atoms with E-state index in [9.17, 15) is 18.0 Å². The van der Waals surface area contributed by atoms with E-state index >= 15 is 0 Å². The van der Waals surface area contributed by atoms with Gasteiger partial charge in [0, 0.05) is 11.8 Å². The third kappa shape index (κ3) is 5.72. The molecule has 0 aliphatic carbocycles. The molecule has 0 fully saturated rings. The van der Waals surface area contributed by atoms with Gasteiger partial charge in [-0.1, -0.05) is 0 Å². The Balaban J connectivity index is 1.95. The molecule has 1 amide bonds. The van der Waals surface area contributed by atoms with Crippen LogP contribution in [0.4, 0.5) is 5.69 Å². The fraction of sp³-hybridized carbons (Fsp3) is 0.294. The summed E-state index contributed by atoms with van der Waals surface area (Å²) in [6, 6.07) is 6.94. The van der Waals surface area contributed by atoms with Crippen molar-refractivity contribution in [3.8, 4) is 11.5 Å². The smallest absolute Gasteiger partial charge is 0.374 e. The Hall–Kier alpha value is -3.05. The van der Waals surface area contributed by atoms with Crippen LogP contribution in [0, 0.1) is 0 Å². The van der Waals surface area contributed by atoms with Gasteiger partial charge in [0.1, 0.15) is 0 Å². The van der Waals surface area contributed by atoms with Crippen LogP contribution in [0.1, 0.15) is 24.4 Å². The summed E-state index contributed by atoms with van der Waals surface area (Å²) in [6.07, 6.45) is 0. The molecule has 11 heteroatoms. The Bertz CT molecular complexity index is 952. The van der Waals surface area contributed by atoms with Crippen molar-refractivity contribution in [2.45, 2.75) is 18.9 Å². The quantitative estimate of drug-likeness (QED) is 0.589. The largest absolute Gasteiger partial charge is 0.490 e. The van der Waals surface area contributed by atoms with E-state index < -0.39 is 39.4 Å². The number of sulfonamides is 1. The van der Waals surface area contributed by atoms with Crippen molar-refractivity contribution >= 4 is 27.6 Å². The number of ether oxygens (including phenoxy) is 3. The van der Waals surface area contributed by atoms with E-state index in [1.807, 2.05) is 13.8 Å². The van der Waals surface area contributed by atoms with Gasteiger partial charge in [-0.15, -0.1) is 0 Å². The van der Waals surface area contributed by atoms with Crippen molar-refractivity contribution in [2.75, 3.05) is 25.1 Å². The summed E-state index contributed by atoms with van der Waals surface area (Å²) >= 11 is 0. The monoisotopic (exact) mass is 412 g/mol. The average molecular weight is 412 g/mol. The average Bonchev–Trinajstić information content (AvgIpc) is 3.13. The van der Waals surface area contributed by atoms with Gasteiger partial charge < -0.3 is 23.9 Å². The van der Waals surface area contributed by atoms with E-state index in [0.717, 1.165) is 12.1 Å². The highest BCUT2D eigenvalue weighted by molar-refractivity contribution is 7.89. The van der Waals surface area contributed by atoms with Gasteiger partial charge >= 0.3 is 5.97 Å². The number of anilines is 1. The Morgan fingerprint density at radius 1 is 1.07 bits per heavy atom. The molecule has 0 spiro atoms. The number of carbonyl (C=O) groups is 2. The molecule has 2 rings (SSSR count). The van der Waals surface area contributed by atoms with Gasteiger partial charge in [0.25, 0.3) is 15.9 Å². The number of esters is 1. The summed E-state index contributed by atoms with van der Waals surface area (Å²) in [5.74, 6) is -1.01. The molecule has 0 unspecified atom stereocenters. The molecule has 0 aliphatic rings. The van der Waals surface area contributed by atoms with E-state index in [-0.39, 0.29) is 0 Å². The Kier molecular flexibility index (Phi) is 7.01. The lowest BCUT2D eigenvalue weighted by atomic mass is 10.2. The second-order valence-electron chi connectivity index (χ2n) is 5.32. The summed E-state index contributed by atoms with van der Waals surface area (Å²) < 4.78 is 42.7. The summed E-state index contributed by atoms with van der Waals surface area (Å²) in [5, 5.41) is 6.85. The van der Waals surface area contributed by atoms with Crippen LogP contribution in [-0.4, -0.2) is 40.1 Å². The highest BCUT2D eigenvalue weighted by Crippen LogP contribution is 2.30. The molecular formula is C17H20N2O8S. The predicted octanol–water partition coefficient (Wildman–Crippen LogP) is 1.52. The molecule has 3 N–H and O–H groups in total. The zero-order valence-corrected chi connectivity index (χ0v) is 16.1. The molecule has 28 heavy (non-hydrogen) atoms. The molecule has 10 nitrogen and oxygen atoms in total. The Morgan fingerprint density at radius 2 is 1.75 bits per heavy atom. The van der Waals surface area contributed by atoms with Crippen LogP contribution in [0.3, 0.4) is 0 Å². The lowest BCUT2D eigenvalue weighted by Gasteiger charge is -2.13. The van der Waals surface area contributed by atoms with E-state index in [4.69, 9.17) is 23.8 Å². The number of nitrogens with two attached hydrogens (primary N) is 1. The second-order valence-corrected chi connectivity index (χ2v) is 6.81.